The van der Waals surface area contributed by atoms with Crippen LogP contribution in [-0.2, 0) is 11.4 Å². The Morgan fingerprint density at radius 2 is 2.19 bits per heavy atom. The maximum absolute atomic E-state index is 14.0. The SMILES string of the molecule is CONCc1ccc2c(c1F)OCCCO2. The molecule has 1 heterocycles. The van der Waals surface area contributed by atoms with E-state index in [-0.39, 0.29) is 11.6 Å². The van der Waals surface area contributed by atoms with Crippen molar-refractivity contribution >= 4 is 0 Å². The molecule has 1 aliphatic rings. The standard InChI is InChI=1S/C11H14FNO3/c1-14-13-7-8-3-4-9-11(10(8)12)16-6-2-5-15-9/h3-4,13H,2,5-7H2,1H3. The molecule has 0 amide bonds. The molecule has 0 radical (unpaired) electrons. The maximum Gasteiger partial charge on any atom is 0.197 e. The molecule has 1 aromatic rings. The molecule has 1 aliphatic heterocycles. The fourth-order valence-corrected chi connectivity index (χ4v) is 1.53. The van der Waals surface area contributed by atoms with Crippen molar-refractivity contribution in [1.29, 1.82) is 0 Å². The van der Waals surface area contributed by atoms with Crippen molar-refractivity contribution in [2.45, 2.75) is 13.0 Å². The van der Waals surface area contributed by atoms with Crippen LogP contribution in [0.15, 0.2) is 12.1 Å². The molecule has 2 rings (SSSR count). The van der Waals surface area contributed by atoms with Gasteiger partial charge in [-0.3, -0.25) is 0 Å². The van der Waals surface area contributed by atoms with Gasteiger partial charge in [0.1, 0.15) is 0 Å². The number of hydrogen-bond donors (Lipinski definition) is 1. The van der Waals surface area contributed by atoms with E-state index in [1.54, 1.807) is 12.1 Å². The predicted octanol–water partition coefficient (Wildman–Crippen LogP) is 1.64. The molecule has 1 N–H and O–H groups in total. The lowest BCUT2D eigenvalue weighted by atomic mass is 10.2. The highest BCUT2D eigenvalue weighted by Gasteiger charge is 2.18. The van der Waals surface area contributed by atoms with Crippen LogP contribution in [0.1, 0.15) is 12.0 Å². The van der Waals surface area contributed by atoms with Gasteiger partial charge in [0.15, 0.2) is 17.3 Å². The summed E-state index contributed by atoms with van der Waals surface area (Å²) < 4.78 is 24.7. The highest BCUT2D eigenvalue weighted by atomic mass is 19.1. The van der Waals surface area contributed by atoms with Crippen molar-refractivity contribution in [3.05, 3.63) is 23.5 Å². The van der Waals surface area contributed by atoms with E-state index >= 15 is 0 Å². The van der Waals surface area contributed by atoms with E-state index in [4.69, 9.17) is 9.47 Å². The van der Waals surface area contributed by atoms with Crippen LogP contribution in [0.4, 0.5) is 4.39 Å². The van der Waals surface area contributed by atoms with Crippen molar-refractivity contribution in [3.8, 4) is 11.5 Å². The summed E-state index contributed by atoms with van der Waals surface area (Å²) in [7, 11) is 1.49. The molecule has 16 heavy (non-hydrogen) atoms. The zero-order valence-electron chi connectivity index (χ0n) is 9.09. The molecule has 0 fully saturated rings. The molecule has 5 heteroatoms. The Balaban J connectivity index is 2.26. The van der Waals surface area contributed by atoms with Crippen molar-refractivity contribution in [1.82, 2.24) is 5.48 Å². The van der Waals surface area contributed by atoms with E-state index in [1.165, 1.54) is 7.11 Å². The number of benzene rings is 1. The average molecular weight is 227 g/mol. The fraction of sp³-hybridized carbons (Fsp3) is 0.455. The summed E-state index contributed by atoms with van der Waals surface area (Å²) in [6.45, 7) is 1.33. The molecule has 0 aliphatic carbocycles. The Morgan fingerprint density at radius 1 is 1.38 bits per heavy atom. The first-order chi connectivity index (χ1) is 7.83. The number of ether oxygens (including phenoxy) is 2. The highest BCUT2D eigenvalue weighted by molar-refractivity contribution is 5.45. The third-order valence-corrected chi connectivity index (χ3v) is 2.34. The van der Waals surface area contributed by atoms with Crippen molar-refractivity contribution in [2.24, 2.45) is 0 Å². The van der Waals surface area contributed by atoms with E-state index < -0.39 is 0 Å². The van der Waals surface area contributed by atoms with Crippen LogP contribution in [0.5, 0.6) is 11.5 Å². The smallest absolute Gasteiger partial charge is 0.197 e. The Hall–Kier alpha value is -1.33. The van der Waals surface area contributed by atoms with Gasteiger partial charge < -0.3 is 14.3 Å². The minimum atomic E-state index is -0.385. The first-order valence-corrected chi connectivity index (χ1v) is 5.15. The Bertz CT molecular complexity index is 370. The van der Waals surface area contributed by atoms with Crippen LogP contribution < -0.4 is 15.0 Å². The minimum Gasteiger partial charge on any atom is -0.489 e. The molecule has 1 aromatic carbocycles. The van der Waals surface area contributed by atoms with Gasteiger partial charge in [-0.15, -0.1) is 0 Å². The van der Waals surface area contributed by atoms with Gasteiger partial charge in [0.2, 0.25) is 0 Å². The van der Waals surface area contributed by atoms with Crippen LogP contribution in [-0.4, -0.2) is 20.3 Å². The number of hydrogen-bond acceptors (Lipinski definition) is 4. The maximum atomic E-state index is 14.0. The van der Waals surface area contributed by atoms with Crippen LogP contribution in [0.3, 0.4) is 0 Å². The molecule has 0 atom stereocenters. The molecular formula is C11H14FNO3. The summed E-state index contributed by atoms with van der Waals surface area (Å²) in [6, 6.07) is 3.38. The van der Waals surface area contributed by atoms with E-state index in [1.807, 2.05) is 0 Å². The Kier molecular flexibility index (Phi) is 3.58. The van der Waals surface area contributed by atoms with Crippen LogP contribution >= 0.6 is 0 Å². The summed E-state index contributed by atoms with van der Waals surface area (Å²) in [6.07, 6.45) is 0.764. The summed E-state index contributed by atoms with van der Waals surface area (Å²) in [5, 5.41) is 0. The number of nitrogens with one attached hydrogen (secondary N) is 1. The van der Waals surface area contributed by atoms with E-state index in [9.17, 15) is 4.39 Å². The molecule has 0 unspecified atom stereocenters. The molecule has 0 bridgehead atoms. The van der Waals surface area contributed by atoms with E-state index in [0.717, 1.165) is 6.42 Å². The molecule has 88 valence electrons. The normalized spacial score (nSPS) is 14.6. The molecule has 0 saturated carbocycles. The predicted molar refractivity (Wildman–Crippen MR) is 55.9 cm³/mol. The first kappa shape index (κ1) is 11.2. The second-order valence-electron chi connectivity index (χ2n) is 3.44. The first-order valence-electron chi connectivity index (χ1n) is 5.15. The van der Waals surface area contributed by atoms with Gasteiger partial charge in [0, 0.05) is 18.5 Å². The van der Waals surface area contributed by atoms with Crippen LogP contribution in [0.2, 0.25) is 0 Å². The number of halogens is 1. The van der Waals surface area contributed by atoms with Gasteiger partial charge in [0.25, 0.3) is 0 Å². The summed E-state index contributed by atoms with van der Waals surface area (Å²) in [5.41, 5.74) is 3.08. The second-order valence-corrected chi connectivity index (χ2v) is 3.44. The molecular weight excluding hydrogens is 213 g/mol. The number of rotatable bonds is 3. The molecule has 4 nitrogen and oxygen atoms in total. The van der Waals surface area contributed by atoms with Crippen LogP contribution in [0, 0.1) is 5.82 Å². The van der Waals surface area contributed by atoms with Gasteiger partial charge in [-0.25, -0.2) is 4.39 Å². The molecule has 0 saturated heterocycles. The lowest BCUT2D eigenvalue weighted by molar-refractivity contribution is 0.0857. The topological polar surface area (TPSA) is 39.7 Å². The summed E-state index contributed by atoms with van der Waals surface area (Å²) in [5.74, 6) is 0.285. The van der Waals surface area contributed by atoms with Crippen molar-refractivity contribution in [3.63, 3.8) is 0 Å². The second kappa shape index (κ2) is 5.14. The van der Waals surface area contributed by atoms with Crippen molar-refractivity contribution < 1.29 is 18.7 Å². The monoisotopic (exact) mass is 227 g/mol. The van der Waals surface area contributed by atoms with Crippen molar-refractivity contribution in [2.75, 3.05) is 20.3 Å². The van der Waals surface area contributed by atoms with Gasteiger partial charge in [-0.2, -0.15) is 5.48 Å². The van der Waals surface area contributed by atoms with Gasteiger partial charge in [0.05, 0.1) is 20.3 Å². The Labute approximate surface area is 93.3 Å². The Morgan fingerprint density at radius 3 is 3.00 bits per heavy atom. The van der Waals surface area contributed by atoms with E-state index in [2.05, 4.69) is 10.3 Å². The lowest BCUT2D eigenvalue weighted by Crippen LogP contribution is -2.12. The summed E-state index contributed by atoms with van der Waals surface area (Å²) >= 11 is 0. The third-order valence-electron chi connectivity index (χ3n) is 2.34. The largest absolute Gasteiger partial charge is 0.489 e. The zero-order valence-corrected chi connectivity index (χ0v) is 9.09. The fourth-order valence-electron chi connectivity index (χ4n) is 1.53. The number of fused-ring (bicyclic) bond motifs is 1. The van der Waals surface area contributed by atoms with Gasteiger partial charge in [-0.1, -0.05) is 6.07 Å². The van der Waals surface area contributed by atoms with E-state index in [0.29, 0.717) is 31.1 Å². The third kappa shape index (κ3) is 2.25. The van der Waals surface area contributed by atoms with Crippen LogP contribution in [0.25, 0.3) is 0 Å². The summed E-state index contributed by atoms with van der Waals surface area (Å²) in [4.78, 5) is 4.68. The minimum absolute atomic E-state index is 0.202. The zero-order chi connectivity index (χ0) is 11.4. The number of hydroxylamine groups is 1. The lowest BCUT2D eigenvalue weighted by Gasteiger charge is -2.11. The quantitative estimate of drug-likeness (QED) is 0.797. The van der Waals surface area contributed by atoms with Gasteiger partial charge in [-0.05, 0) is 6.07 Å². The van der Waals surface area contributed by atoms with Gasteiger partial charge >= 0.3 is 0 Å². The highest BCUT2D eigenvalue weighted by Crippen LogP contribution is 2.34. The average Bonchev–Trinajstić information content (AvgIpc) is 2.54. The molecule has 0 spiro atoms. The molecule has 0 aromatic heterocycles.